The molecule has 0 bridgehead atoms. The van der Waals surface area contributed by atoms with Gasteiger partial charge in [-0.05, 0) is 55.5 Å². The Morgan fingerprint density at radius 2 is 1.86 bits per heavy atom. The predicted octanol–water partition coefficient (Wildman–Crippen LogP) is 4.32. The van der Waals surface area contributed by atoms with Crippen molar-refractivity contribution in [1.29, 1.82) is 0 Å². The molecule has 36 heavy (non-hydrogen) atoms. The van der Waals surface area contributed by atoms with Crippen LogP contribution >= 0.6 is 46.9 Å². The van der Waals surface area contributed by atoms with Crippen molar-refractivity contribution in [2.45, 2.75) is 24.1 Å². The largest absolute Gasteiger partial charge is 0.494 e. The second-order valence-electron chi connectivity index (χ2n) is 7.36. The van der Waals surface area contributed by atoms with Crippen molar-refractivity contribution < 1.29 is 19.1 Å². The van der Waals surface area contributed by atoms with Crippen LogP contribution in [0.15, 0.2) is 52.9 Å². The third-order valence-corrected chi connectivity index (χ3v) is 7.60. The normalized spacial score (nSPS) is 13.8. The van der Waals surface area contributed by atoms with Crippen molar-refractivity contribution in [3.05, 3.63) is 53.6 Å². The van der Waals surface area contributed by atoms with Gasteiger partial charge in [0.05, 0.1) is 12.3 Å². The molecule has 0 saturated carbocycles. The molecule has 0 unspecified atom stereocenters. The predicted molar refractivity (Wildman–Crippen MR) is 143 cm³/mol. The molecule has 3 amide bonds. The van der Waals surface area contributed by atoms with Gasteiger partial charge in [0, 0.05) is 22.8 Å². The molecule has 0 spiro atoms. The second-order valence-corrected chi connectivity index (χ2v) is 10.5. The van der Waals surface area contributed by atoms with Crippen LogP contribution in [-0.4, -0.2) is 50.4 Å². The first-order valence-electron chi connectivity index (χ1n) is 10.8. The first kappa shape index (κ1) is 26.0. The molecule has 4 rings (SSSR count). The van der Waals surface area contributed by atoms with Crippen molar-refractivity contribution in [3.63, 3.8) is 0 Å². The lowest BCUT2D eigenvalue weighted by molar-refractivity contribution is -0.140. The Kier molecular flexibility index (Phi) is 8.52. The van der Waals surface area contributed by atoms with Crippen molar-refractivity contribution in [1.82, 2.24) is 20.6 Å². The molecule has 1 saturated heterocycles. The lowest BCUT2D eigenvalue weighted by Gasteiger charge is -2.35. The number of carbonyl (C=O) groups excluding carboxylic acids is 3. The fourth-order valence-corrected chi connectivity index (χ4v) is 5.56. The third-order valence-electron chi connectivity index (χ3n) is 4.88. The van der Waals surface area contributed by atoms with Crippen molar-refractivity contribution in [2.75, 3.05) is 17.3 Å². The van der Waals surface area contributed by atoms with Crippen LogP contribution in [0.5, 0.6) is 5.75 Å². The van der Waals surface area contributed by atoms with E-state index in [2.05, 4.69) is 15.6 Å². The van der Waals surface area contributed by atoms with Crippen LogP contribution in [0, 0.1) is 0 Å². The Morgan fingerprint density at radius 1 is 1.14 bits per heavy atom. The summed E-state index contributed by atoms with van der Waals surface area (Å²) >= 11 is 14.1. The van der Waals surface area contributed by atoms with E-state index in [1.807, 2.05) is 19.1 Å². The summed E-state index contributed by atoms with van der Waals surface area (Å²) in [6.07, 6.45) is -0.315. The van der Waals surface area contributed by atoms with Crippen LogP contribution in [-0.2, 0) is 14.4 Å². The number of thiocarbonyl (C=S) groups is 1. The zero-order chi connectivity index (χ0) is 25.7. The number of amides is 3. The van der Waals surface area contributed by atoms with Gasteiger partial charge < -0.3 is 4.74 Å². The molecule has 3 aromatic rings. The Balaban J connectivity index is 1.32. The molecular weight excluding hydrogens is 542 g/mol. The molecule has 0 radical (unpaired) electrons. The molecule has 1 aromatic heterocycles. The molecule has 1 fully saturated rings. The van der Waals surface area contributed by atoms with Crippen LogP contribution in [0.2, 0.25) is 5.02 Å². The number of nitrogens with one attached hydrogen (secondary N) is 1. The van der Waals surface area contributed by atoms with Crippen LogP contribution in [0.4, 0.5) is 5.69 Å². The minimum atomic E-state index is -0.593. The topological polar surface area (TPSA) is 105 Å². The summed E-state index contributed by atoms with van der Waals surface area (Å²) in [7, 11) is 0. The zero-order valence-corrected chi connectivity index (χ0v) is 22.2. The maximum absolute atomic E-state index is 12.5. The molecule has 2 aromatic carbocycles. The summed E-state index contributed by atoms with van der Waals surface area (Å²) in [6, 6.07) is 14.0. The van der Waals surface area contributed by atoms with Crippen molar-refractivity contribution in [2.24, 2.45) is 0 Å². The van der Waals surface area contributed by atoms with E-state index in [1.54, 1.807) is 36.4 Å². The van der Waals surface area contributed by atoms with Gasteiger partial charge in [-0.2, -0.15) is 5.01 Å². The van der Waals surface area contributed by atoms with Gasteiger partial charge in [-0.1, -0.05) is 46.8 Å². The zero-order valence-electron chi connectivity index (χ0n) is 19.0. The van der Waals surface area contributed by atoms with Gasteiger partial charge in [-0.25, -0.2) is 0 Å². The number of anilines is 1. The van der Waals surface area contributed by atoms with E-state index in [0.717, 1.165) is 15.6 Å². The molecule has 13 heteroatoms. The number of rotatable bonds is 9. The number of halogens is 1. The van der Waals surface area contributed by atoms with Crippen LogP contribution in [0.1, 0.15) is 19.8 Å². The molecule has 1 N–H and O–H groups in total. The first-order valence-corrected chi connectivity index (χ1v) is 13.4. The number of aromatic nitrogens is 2. The van der Waals surface area contributed by atoms with Gasteiger partial charge in [0.15, 0.2) is 4.34 Å². The third kappa shape index (κ3) is 6.19. The molecular formula is C23H20ClN5O4S3. The van der Waals surface area contributed by atoms with Gasteiger partial charge in [-0.3, -0.25) is 24.7 Å². The summed E-state index contributed by atoms with van der Waals surface area (Å²) in [5.41, 5.74) is 3.90. The van der Waals surface area contributed by atoms with E-state index in [-0.39, 0.29) is 11.5 Å². The Morgan fingerprint density at radius 3 is 2.56 bits per heavy atom. The van der Waals surface area contributed by atoms with Crippen LogP contribution in [0.3, 0.4) is 0 Å². The fraction of sp³-hybridized carbons (Fsp3) is 0.217. The molecule has 0 atom stereocenters. The van der Waals surface area contributed by atoms with E-state index in [1.165, 1.54) is 28.0 Å². The highest BCUT2D eigenvalue weighted by molar-refractivity contribution is 8.01. The number of hydrazine groups is 1. The van der Waals surface area contributed by atoms with Crippen molar-refractivity contribution >= 4 is 75.4 Å². The number of carbonyl (C=O) groups is 3. The number of hydrogen-bond acceptors (Lipinski definition) is 9. The minimum Gasteiger partial charge on any atom is -0.494 e. The SMILES string of the molecule is CCOc1ccc(N2C(=O)CC(=O)N(NC(=O)CCSc3nnc(-c4ccc(Cl)cc4)s3)C2=S)cc1. The minimum absolute atomic E-state index is 0.101. The van der Waals surface area contributed by atoms with E-state index < -0.39 is 24.1 Å². The second kappa shape index (κ2) is 11.8. The fourth-order valence-electron chi connectivity index (χ4n) is 3.21. The molecule has 1 aliphatic rings. The summed E-state index contributed by atoms with van der Waals surface area (Å²) in [5.74, 6) is -0.419. The molecule has 2 heterocycles. The summed E-state index contributed by atoms with van der Waals surface area (Å²) < 4.78 is 6.13. The van der Waals surface area contributed by atoms with Crippen LogP contribution < -0.4 is 15.1 Å². The number of nitrogens with zero attached hydrogens (tertiary/aromatic N) is 4. The summed E-state index contributed by atoms with van der Waals surface area (Å²) in [4.78, 5) is 38.8. The average molecular weight is 562 g/mol. The maximum atomic E-state index is 12.5. The van der Waals surface area contributed by atoms with Gasteiger partial charge in [-0.15, -0.1) is 10.2 Å². The van der Waals surface area contributed by atoms with Gasteiger partial charge in [0.25, 0.3) is 5.91 Å². The maximum Gasteiger partial charge on any atom is 0.257 e. The number of thioether (sulfide) groups is 1. The highest BCUT2D eigenvalue weighted by Gasteiger charge is 2.37. The first-order chi connectivity index (χ1) is 17.4. The van der Waals surface area contributed by atoms with Crippen LogP contribution in [0.25, 0.3) is 10.6 Å². The van der Waals surface area contributed by atoms with E-state index in [9.17, 15) is 14.4 Å². The van der Waals surface area contributed by atoms with E-state index in [4.69, 9.17) is 28.6 Å². The van der Waals surface area contributed by atoms with Gasteiger partial charge >= 0.3 is 0 Å². The Bertz CT molecular complexity index is 1280. The average Bonchev–Trinajstić information content (AvgIpc) is 3.32. The highest BCUT2D eigenvalue weighted by atomic mass is 35.5. The number of ether oxygens (including phenoxy) is 1. The number of benzene rings is 2. The summed E-state index contributed by atoms with van der Waals surface area (Å²) in [5, 5.41) is 10.6. The molecule has 9 nitrogen and oxygen atoms in total. The Labute approximate surface area is 225 Å². The van der Waals surface area contributed by atoms with Gasteiger partial charge in [0.2, 0.25) is 16.9 Å². The lowest BCUT2D eigenvalue weighted by Crippen LogP contribution is -2.61. The molecule has 0 aliphatic carbocycles. The van der Waals surface area contributed by atoms with E-state index >= 15 is 0 Å². The van der Waals surface area contributed by atoms with Gasteiger partial charge in [0.1, 0.15) is 17.2 Å². The number of hydrogen-bond donors (Lipinski definition) is 1. The summed E-state index contributed by atoms with van der Waals surface area (Å²) in [6.45, 7) is 2.38. The quantitative estimate of drug-likeness (QED) is 0.234. The molecule has 1 aliphatic heterocycles. The molecule has 186 valence electrons. The van der Waals surface area contributed by atoms with E-state index in [0.29, 0.717) is 33.2 Å². The standard InChI is InChI=1S/C23H20ClN5O4S3/c1-2-33-17-9-7-16(8-10-17)28-19(31)13-20(32)29(23(28)34)27-18(30)11-12-35-22-26-25-21(36-22)14-3-5-15(24)6-4-14/h3-10H,2,11-13H2,1H3,(H,27,30). The Hall–Kier alpha value is -3.06. The lowest BCUT2D eigenvalue weighted by atomic mass is 10.2. The van der Waals surface area contributed by atoms with Crippen molar-refractivity contribution in [3.8, 4) is 16.3 Å². The highest BCUT2D eigenvalue weighted by Crippen LogP contribution is 2.30. The monoisotopic (exact) mass is 561 g/mol. The smallest absolute Gasteiger partial charge is 0.257 e.